The molecule has 5 rings (SSSR count). The lowest BCUT2D eigenvalue weighted by Crippen LogP contribution is -2.48. The second-order valence-electron chi connectivity index (χ2n) is 10.5. The van der Waals surface area contributed by atoms with Gasteiger partial charge < -0.3 is 14.5 Å². The fraction of sp³-hybridized carbons (Fsp3) is 0.593. The Bertz CT molecular complexity index is 1160. The minimum atomic E-state index is -0.828. The molecule has 2 saturated heterocycles. The minimum Gasteiger partial charge on any atom is -0.372 e. The first kappa shape index (κ1) is 24.9. The van der Waals surface area contributed by atoms with Crippen molar-refractivity contribution < 1.29 is 23.1 Å². The van der Waals surface area contributed by atoms with E-state index in [9.17, 15) is 18.4 Å². The fourth-order valence-electron chi connectivity index (χ4n) is 6.08. The Kier molecular flexibility index (Phi) is 6.85. The molecule has 2 aliphatic heterocycles. The maximum Gasteiger partial charge on any atom is 0.274 e. The molecule has 7 nitrogen and oxygen atoms in total. The van der Waals surface area contributed by atoms with Crippen molar-refractivity contribution in [1.82, 2.24) is 19.6 Å². The Morgan fingerprint density at radius 3 is 2.44 bits per heavy atom. The van der Waals surface area contributed by atoms with E-state index in [1.807, 2.05) is 23.6 Å². The highest BCUT2D eigenvalue weighted by Gasteiger charge is 2.34. The average molecular weight is 501 g/mol. The number of likely N-dealkylation sites (tertiary alicyclic amines) is 1. The number of fused-ring (bicyclic) bond motifs is 1. The number of benzene rings is 1. The van der Waals surface area contributed by atoms with Crippen LogP contribution in [0.25, 0.3) is 0 Å². The van der Waals surface area contributed by atoms with Crippen LogP contribution in [-0.4, -0.2) is 69.8 Å². The molecule has 2 fully saturated rings. The van der Waals surface area contributed by atoms with E-state index in [4.69, 9.17) is 4.74 Å². The summed E-state index contributed by atoms with van der Waals surface area (Å²) in [6.45, 7) is 7.85. The number of carbonyl (C=O) groups excluding carboxylic acids is 2. The van der Waals surface area contributed by atoms with Crippen LogP contribution in [0.15, 0.2) is 12.1 Å². The van der Waals surface area contributed by atoms with Crippen molar-refractivity contribution in [3.63, 3.8) is 0 Å². The Morgan fingerprint density at radius 1 is 1.06 bits per heavy atom. The van der Waals surface area contributed by atoms with Gasteiger partial charge >= 0.3 is 0 Å². The highest BCUT2D eigenvalue weighted by atomic mass is 19.2. The summed E-state index contributed by atoms with van der Waals surface area (Å²) >= 11 is 0. The van der Waals surface area contributed by atoms with Gasteiger partial charge in [0.15, 0.2) is 17.3 Å². The third-order valence-corrected chi connectivity index (χ3v) is 7.87. The van der Waals surface area contributed by atoms with Crippen LogP contribution < -0.4 is 0 Å². The average Bonchev–Trinajstić information content (AvgIpc) is 3.46. The molecule has 0 spiro atoms. The second-order valence-corrected chi connectivity index (χ2v) is 10.5. The zero-order valence-corrected chi connectivity index (χ0v) is 21.2. The van der Waals surface area contributed by atoms with Gasteiger partial charge in [0, 0.05) is 37.4 Å². The van der Waals surface area contributed by atoms with Crippen LogP contribution in [0.5, 0.6) is 0 Å². The number of piperidine rings is 1. The van der Waals surface area contributed by atoms with E-state index in [0.29, 0.717) is 50.3 Å². The fourth-order valence-corrected chi connectivity index (χ4v) is 6.08. The number of nitrogens with zero attached hydrogens (tertiary/aromatic N) is 4. The summed E-state index contributed by atoms with van der Waals surface area (Å²) in [4.78, 5) is 30.2. The van der Waals surface area contributed by atoms with Crippen molar-refractivity contribution in [3.05, 3.63) is 51.8 Å². The van der Waals surface area contributed by atoms with Gasteiger partial charge in [-0.05, 0) is 76.0 Å². The predicted molar refractivity (Wildman–Crippen MR) is 130 cm³/mol. The highest BCUT2D eigenvalue weighted by molar-refractivity contribution is 5.94. The largest absolute Gasteiger partial charge is 0.372 e. The lowest BCUT2D eigenvalue weighted by molar-refractivity contribution is -0.133. The molecule has 3 heterocycles. The first-order valence-electron chi connectivity index (χ1n) is 13.0. The molecule has 2 atom stereocenters. The number of morpholine rings is 1. The Labute approximate surface area is 210 Å². The summed E-state index contributed by atoms with van der Waals surface area (Å²) in [5, 5.41) is 4.64. The molecule has 0 bridgehead atoms. The number of aromatic nitrogens is 2. The minimum absolute atomic E-state index is 0.0208. The van der Waals surface area contributed by atoms with Crippen LogP contribution in [-0.2, 0) is 28.9 Å². The molecule has 1 aliphatic carbocycles. The monoisotopic (exact) mass is 500 g/mol. The summed E-state index contributed by atoms with van der Waals surface area (Å²) in [5.74, 6) is -1.62. The van der Waals surface area contributed by atoms with E-state index in [2.05, 4.69) is 5.10 Å². The Morgan fingerprint density at radius 2 is 1.75 bits per heavy atom. The van der Waals surface area contributed by atoms with E-state index in [-0.39, 0.29) is 36.5 Å². The van der Waals surface area contributed by atoms with Gasteiger partial charge in [-0.25, -0.2) is 8.78 Å². The normalized spacial score (nSPS) is 22.7. The zero-order valence-electron chi connectivity index (χ0n) is 21.2. The van der Waals surface area contributed by atoms with Crippen LogP contribution in [0.2, 0.25) is 0 Å². The van der Waals surface area contributed by atoms with Crippen LogP contribution in [0.4, 0.5) is 8.78 Å². The zero-order chi connectivity index (χ0) is 25.6. The molecule has 0 saturated carbocycles. The molecular formula is C27H34F2N4O3. The van der Waals surface area contributed by atoms with E-state index in [0.717, 1.165) is 36.1 Å². The van der Waals surface area contributed by atoms with Crippen molar-refractivity contribution in [2.45, 2.75) is 77.5 Å². The van der Waals surface area contributed by atoms with Crippen molar-refractivity contribution in [1.29, 1.82) is 0 Å². The lowest BCUT2D eigenvalue weighted by atomic mass is 9.86. The Balaban J connectivity index is 1.26. The maximum atomic E-state index is 14.0. The first-order valence-corrected chi connectivity index (χ1v) is 13.0. The van der Waals surface area contributed by atoms with Crippen molar-refractivity contribution in [2.75, 3.05) is 26.2 Å². The molecule has 0 N–H and O–H groups in total. The molecule has 0 unspecified atom stereocenters. The summed E-state index contributed by atoms with van der Waals surface area (Å²) in [6.07, 6.45) is 3.93. The second kappa shape index (κ2) is 9.92. The van der Waals surface area contributed by atoms with E-state index in [1.54, 1.807) is 17.7 Å². The number of hydrogen-bond donors (Lipinski definition) is 0. The van der Waals surface area contributed by atoms with Crippen LogP contribution in [0.3, 0.4) is 0 Å². The summed E-state index contributed by atoms with van der Waals surface area (Å²) in [7, 11) is 0. The smallest absolute Gasteiger partial charge is 0.274 e. The van der Waals surface area contributed by atoms with Gasteiger partial charge in [0.2, 0.25) is 5.91 Å². The number of amides is 2. The molecular weight excluding hydrogens is 466 g/mol. The Hall–Kier alpha value is -2.81. The van der Waals surface area contributed by atoms with E-state index in [1.165, 1.54) is 6.07 Å². The maximum absolute atomic E-state index is 14.0. The third kappa shape index (κ3) is 4.65. The van der Waals surface area contributed by atoms with Gasteiger partial charge in [-0.1, -0.05) is 6.07 Å². The molecule has 1 aromatic carbocycles. The van der Waals surface area contributed by atoms with Gasteiger partial charge in [0.1, 0.15) is 6.54 Å². The van der Waals surface area contributed by atoms with Gasteiger partial charge in [0.05, 0.1) is 12.2 Å². The van der Waals surface area contributed by atoms with E-state index >= 15 is 0 Å². The lowest BCUT2D eigenvalue weighted by Gasteiger charge is -2.35. The van der Waals surface area contributed by atoms with E-state index < -0.39 is 11.6 Å². The van der Waals surface area contributed by atoms with Crippen LogP contribution >= 0.6 is 0 Å². The van der Waals surface area contributed by atoms with Crippen molar-refractivity contribution >= 4 is 11.8 Å². The molecule has 0 radical (unpaired) electrons. The van der Waals surface area contributed by atoms with Gasteiger partial charge in [0.25, 0.3) is 5.91 Å². The SMILES string of the molecule is Cc1c(C2CCN(C(=O)Cn3nc(C(=O)N4C[C@@H](C)O[C@@H](C)C4)c4c3CCC4)CC2)ccc(F)c1F. The van der Waals surface area contributed by atoms with Crippen molar-refractivity contribution in [2.24, 2.45) is 0 Å². The highest BCUT2D eigenvalue weighted by Crippen LogP contribution is 2.32. The van der Waals surface area contributed by atoms with Crippen molar-refractivity contribution in [3.8, 4) is 0 Å². The third-order valence-electron chi connectivity index (χ3n) is 7.87. The summed E-state index contributed by atoms with van der Waals surface area (Å²) in [5.41, 5.74) is 3.62. The molecule has 194 valence electrons. The predicted octanol–water partition coefficient (Wildman–Crippen LogP) is 3.61. The van der Waals surface area contributed by atoms with Gasteiger partial charge in [-0.3, -0.25) is 14.3 Å². The topological polar surface area (TPSA) is 67.7 Å². The summed E-state index contributed by atoms with van der Waals surface area (Å²) in [6, 6.07) is 2.85. The number of ether oxygens (including phenoxy) is 1. The standard InChI is InChI=1S/C27H34F2N4O3/c1-16-13-32(14-17(2)36-16)27(35)26-21-5-4-6-23(21)33(30-26)15-24(34)31-11-9-19(10-12-31)20-7-8-22(28)25(29)18(20)3/h7-8,16-17,19H,4-6,9-15H2,1-3H3/t16-,17+. The number of halogens is 2. The number of hydrogen-bond acceptors (Lipinski definition) is 4. The molecule has 2 amide bonds. The van der Waals surface area contributed by atoms with Crippen LogP contribution in [0.1, 0.15) is 71.9 Å². The van der Waals surface area contributed by atoms with Crippen LogP contribution in [0, 0.1) is 18.6 Å². The molecule has 9 heteroatoms. The first-order chi connectivity index (χ1) is 17.2. The van der Waals surface area contributed by atoms with Gasteiger partial charge in [-0.15, -0.1) is 0 Å². The molecule has 1 aromatic heterocycles. The molecule has 2 aromatic rings. The number of carbonyl (C=O) groups is 2. The molecule has 3 aliphatic rings. The number of rotatable bonds is 4. The van der Waals surface area contributed by atoms with Gasteiger partial charge in [-0.2, -0.15) is 5.10 Å². The quantitative estimate of drug-likeness (QED) is 0.643. The summed E-state index contributed by atoms with van der Waals surface area (Å²) < 4.78 is 35.1. The molecule has 36 heavy (non-hydrogen) atoms.